The van der Waals surface area contributed by atoms with Crippen molar-refractivity contribution in [2.45, 2.75) is 53.2 Å². The molecule has 0 aliphatic heterocycles. The first-order valence-corrected chi connectivity index (χ1v) is 13.7. The number of benzene rings is 2. The first-order valence-electron chi connectivity index (χ1n) is 12.1. The summed E-state index contributed by atoms with van der Waals surface area (Å²) < 4.78 is 34.2. The predicted octanol–water partition coefficient (Wildman–Crippen LogP) is 3.41. The number of nitrogens with zero attached hydrogens (tertiary/aromatic N) is 2. The quantitative estimate of drug-likeness (QED) is 0.389. The summed E-state index contributed by atoms with van der Waals surface area (Å²) in [7, 11) is -0.148. The van der Waals surface area contributed by atoms with Crippen LogP contribution in [0, 0.1) is 13.8 Å². The Morgan fingerprint density at radius 3 is 2.05 bits per heavy atom. The van der Waals surface area contributed by atoms with Crippen LogP contribution in [-0.4, -0.2) is 73.7 Å². The Morgan fingerprint density at radius 1 is 1.00 bits per heavy atom. The SMILES string of the molecule is CCS(=O)(=O)Oc1ccc(CCN(CC(=O)N(C)C)Cc2cc(C)c(OC(C)(C)C(=O)O)c(C)c2)cc1. The second-order valence-electron chi connectivity index (χ2n) is 9.80. The van der Waals surface area contributed by atoms with Crippen molar-refractivity contribution in [2.75, 3.05) is 32.9 Å². The Hall–Kier alpha value is -3.11. The Morgan fingerprint density at radius 2 is 1.57 bits per heavy atom. The van der Waals surface area contributed by atoms with Gasteiger partial charge in [-0.25, -0.2) is 4.79 Å². The molecule has 9 nitrogen and oxygen atoms in total. The average molecular weight is 535 g/mol. The van der Waals surface area contributed by atoms with Crippen molar-refractivity contribution in [3.05, 3.63) is 58.7 Å². The lowest BCUT2D eigenvalue weighted by molar-refractivity contribution is -0.152. The topological polar surface area (TPSA) is 113 Å². The van der Waals surface area contributed by atoms with Crippen LogP contribution in [0.15, 0.2) is 36.4 Å². The molecule has 2 aromatic rings. The highest BCUT2D eigenvalue weighted by atomic mass is 32.2. The summed E-state index contributed by atoms with van der Waals surface area (Å²) in [5, 5.41) is 9.41. The second-order valence-corrected chi connectivity index (χ2v) is 11.7. The summed E-state index contributed by atoms with van der Waals surface area (Å²) in [4.78, 5) is 27.6. The Labute approximate surface area is 220 Å². The molecule has 37 heavy (non-hydrogen) atoms. The van der Waals surface area contributed by atoms with Gasteiger partial charge in [0.05, 0.1) is 12.3 Å². The first kappa shape index (κ1) is 30.1. The van der Waals surface area contributed by atoms with Gasteiger partial charge in [0, 0.05) is 27.2 Å². The van der Waals surface area contributed by atoms with Gasteiger partial charge in [-0.05, 0) is 75.4 Å². The van der Waals surface area contributed by atoms with Crippen molar-refractivity contribution >= 4 is 22.0 Å². The zero-order valence-electron chi connectivity index (χ0n) is 22.7. The maximum Gasteiger partial charge on any atom is 0.347 e. The van der Waals surface area contributed by atoms with Crippen molar-refractivity contribution in [3.8, 4) is 11.5 Å². The number of aliphatic carboxylic acids is 1. The summed E-state index contributed by atoms with van der Waals surface area (Å²) >= 11 is 0. The molecule has 204 valence electrons. The molecular formula is C27H38N2O7S. The van der Waals surface area contributed by atoms with Gasteiger partial charge in [-0.1, -0.05) is 24.3 Å². The maximum absolute atomic E-state index is 12.5. The molecule has 2 aromatic carbocycles. The molecule has 0 saturated carbocycles. The van der Waals surface area contributed by atoms with Crippen LogP contribution in [0.25, 0.3) is 0 Å². The van der Waals surface area contributed by atoms with E-state index in [9.17, 15) is 23.1 Å². The molecule has 0 aliphatic carbocycles. The molecular weight excluding hydrogens is 496 g/mol. The number of hydrogen-bond acceptors (Lipinski definition) is 7. The number of rotatable bonds is 13. The van der Waals surface area contributed by atoms with E-state index < -0.39 is 21.7 Å². The number of likely N-dealkylation sites (N-methyl/N-ethyl adjacent to an activating group) is 1. The minimum atomic E-state index is -3.58. The van der Waals surface area contributed by atoms with E-state index in [4.69, 9.17) is 8.92 Å². The van der Waals surface area contributed by atoms with Crippen LogP contribution >= 0.6 is 0 Å². The van der Waals surface area contributed by atoms with E-state index >= 15 is 0 Å². The fourth-order valence-corrected chi connectivity index (χ4v) is 4.12. The zero-order valence-corrected chi connectivity index (χ0v) is 23.5. The number of amides is 1. The van der Waals surface area contributed by atoms with Gasteiger partial charge in [-0.3, -0.25) is 9.69 Å². The summed E-state index contributed by atoms with van der Waals surface area (Å²) in [5.41, 5.74) is 2.25. The predicted molar refractivity (Wildman–Crippen MR) is 142 cm³/mol. The molecule has 0 bridgehead atoms. The van der Waals surface area contributed by atoms with Gasteiger partial charge in [-0.2, -0.15) is 8.42 Å². The smallest absolute Gasteiger partial charge is 0.347 e. The third kappa shape index (κ3) is 9.05. The molecule has 0 unspecified atom stereocenters. The molecule has 0 aromatic heterocycles. The molecule has 0 heterocycles. The van der Waals surface area contributed by atoms with Gasteiger partial charge in [0.15, 0.2) is 5.60 Å². The van der Waals surface area contributed by atoms with Gasteiger partial charge in [0.25, 0.3) is 0 Å². The van der Waals surface area contributed by atoms with E-state index in [2.05, 4.69) is 0 Å². The molecule has 0 spiro atoms. The van der Waals surface area contributed by atoms with E-state index in [1.165, 1.54) is 20.8 Å². The molecule has 1 amide bonds. The van der Waals surface area contributed by atoms with Crippen molar-refractivity contribution in [1.82, 2.24) is 9.80 Å². The Balaban J connectivity index is 2.18. The number of ether oxygens (including phenoxy) is 1. The monoisotopic (exact) mass is 534 g/mol. The van der Waals surface area contributed by atoms with E-state index in [0.717, 1.165) is 22.3 Å². The van der Waals surface area contributed by atoms with Crippen molar-refractivity contribution < 1.29 is 32.0 Å². The summed E-state index contributed by atoms with van der Waals surface area (Å²) in [5.74, 6) is -0.364. The summed E-state index contributed by atoms with van der Waals surface area (Å²) in [6.07, 6.45) is 0.646. The number of carboxylic acids is 1. The van der Waals surface area contributed by atoms with Gasteiger partial charge < -0.3 is 18.9 Å². The molecule has 2 rings (SSSR count). The van der Waals surface area contributed by atoms with Crippen LogP contribution in [-0.2, 0) is 32.7 Å². The van der Waals surface area contributed by atoms with Crippen LogP contribution in [0.4, 0.5) is 0 Å². The number of carbonyl (C=O) groups is 2. The van der Waals surface area contributed by atoms with E-state index in [0.29, 0.717) is 25.3 Å². The third-order valence-corrected chi connectivity index (χ3v) is 7.03. The third-order valence-electron chi connectivity index (χ3n) is 5.87. The molecule has 0 saturated heterocycles. The Bertz CT molecular complexity index is 1180. The van der Waals surface area contributed by atoms with Crippen LogP contribution in [0.5, 0.6) is 11.5 Å². The average Bonchev–Trinajstić information content (AvgIpc) is 2.80. The lowest BCUT2D eigenvalue weighted by atomic mass is 10.0. The van der Waals surface area contributed by atoms with Crippen LogP contribution in [0.2, 0.25) is 0 Å². The fraction of sp³-hybridized carbons (Fsp3) is 0.481. The van der Waals surface area contributed by atoms with E-state index in [1.807, 2.05) is 43.0 Å². The number of carbonyl (C=O) groups excluding carboxylic acids is 1. The standard InChI is InChI=1S/C27H38N2O7S/c1-8-37(33,34)36-23-11-9-21(10-12-23)13-14-29(18-24(30)28(6)7)17-22-15-19(2)25(20(3)16-22)35-27(4,5)26(31)32/h9-12,15-16H,8,13-14,17-18H2,1-7H3,(H,31,32). The molecule has 0 atom stereocenters. The van der Waals surface area contributed by atoms with Gasteiger partial charge in [-0.15, -0.1) is 0 Å². The van der Waals surface area contributed by atoms with Crippen molar-refractivity contribution in [1.29, 1.82) is 0 Å². The van der Waals surface area contributed by atoms with E-state index in [1.54, 1.807) is 31.1 Å². The lowest BCUT2D eigenvalue weighted by Gasteiger charge is -2.26. The van der Waals surface area contributed by atoms with Crippen LogP contribution in [0.1, 0.15) is 43.0 Å². The van der Waals surface area contributed by atoms with Crippen LogP contribution < -0.4 is 8.92 Å². The molecule has 1 N–H and O–H groups in total. The maximum atomic E-state index is 12.5. The normalized spacial score (nSPS) is 11.9. The van der Waals surface area contributed by atoms with Crippen molar-refractivity contribution in [2.24, 2.45) is 0 Å². The van der Waals surface area contributed by atoms with E-state index in [-0.39, 0.29) is 24.0 Å². The van der Waals surface area contributed by atoms with Gasteiger partial charge in [0.2, 0.25) is 5.91 Å². The van der Waals surface area contributed by atoms with Crippen molar-refractivity contribution in [3.63, 3.8) is 0 Å². The number of hydrogen-bond donors (Lipinski definition) is 1. The van der Waals surface area contributed by atoms with Crippen LogP contribution in [0.3, 0.4) is 0 Å². The summed E-state index contributed by atoms with van der Waals surface area (Å²) in [6.45, 7) is 9.63. The summed E-state index contributed by atoms with van der Waals surface area (Å²) in [6, 6.07) is 10.8. The number of carboxylic acid groups (broad SMARTS) is 1. The minimum absolute atomic E-state index is 0.0230. The van der Waals surface area contributed by atoms with Gasteiger partial charge >= 0.3 is 16.1 Å². The largest absolute Gasteiger partial charge is 0.478 e. The molecule has 0 radical (unpaired) electrons. The Kier molecular flexibility index (Phi) is 10.1. The zero-order chi connectivity index (χ0) is 28.0. The van der Waals surface area contributed by atoms with Gasteiger partial charge in [0.1, 0.15) is 11.5 Å². The molecule has 0 fully saturated rings. The lowest BCUT2D eigenvalue weighted by Crippen LogP contribution is -2.38. The molecule has 0 aliphatic rings. The molecule has 10 heteroatoms. The minimum Gasteiger partial charge on any atom is -0.478 e. The number of aryl methyl sites for hydroxylation is 2. The highest BCUT2D eigenvalue weighted by Crippen LogP contribution is 2.29. The first-order chi connectivity index (χ1) is 17.1. The highest BCUT2D eigenvalue weighted by Gasteiger charge is 2.30. The fourth-order valence-electron chi connectivity index (χ4n) is 3.60. The second kappa shape index (κ2) is 12.4. The highest BCUT2D eigenvalue weighted by molar-refractivity contribution is 7.87.